The van der Waals surface area contributed by atoms with Crippen molar-refractivity contribution in [3.8, 4) is 17.0 Å². The van der Waals surface area contributed by atoms with Crippen LogP contribution < -0.4 is 15.4 Å². The van der Waals surface area contributed by atoms with Crippen LogP contribution in [0.3, 0.4) is 0 Å². The van der Waals surface area contributed by atoms with Crippen LogP contribution in [0.25, 0.3) is 11.1 Å². The number of nitrogens with zero attached hydrogens (tertiary/aromatic N) is 1. The number of hydrogen-bond acceptors (Lipinski definition) is 4. The number of benzene rings is 2. The maximum atomic E-state index is 13.2. The van der Waals surface area contributed by atoms with E-state index in [1.54, 1.807) is 31.2 Å². The van der Waals surface area contributed by atoms with Gasteiger partial charge in [-0.1, -0.05) is 23.7 Å². The fraction of sp³-hybridized carbons (Fsp3) is 0.208. The molecule has 0 saturated carbocycles. The molecule has 3 aromatic rings. The lowest BCUT2D eigenvalue weighted by Gasteiger charge is -2.22. The quantitative estimate of drug-likeness (QED) is 0.492. The van der Waals surface area contributed by atoms with E-state index in [4.69, 9.17) is 16.3 Å². The number of aromatic nitrogens is 1. The van der Waals surface area contributed by atoms with Gasteiger partial charge in [0.15, 0.2) is 5.60 Å². The number of carbonyl (C=O) groups is 2. The van der Waals surface area contributed by atoms with Crippen molar-refractivity contribution < 1.29 is 27.5 Å². The lowest BCUT2D eigenvalue weighted by atomic mass is 9.93. The first-order valence-corrected chi connectivity index (χ1v) is 10.6. The second-order valence-electron chi connectivity index (χ2n) is 8.06. The van der Waals surface area contributed by atoms with E-state index in [2.05, 4.69) is 15.6 Å². The minimum absolute atomic E-state index is 0.0568. The molecule has 1 aliphatic heterocycles. The summed E-state index contributed by atoms with van der Waals surface area (Å²) in [4.78, 5) is 28.7. The summed E-state index contributed by atoms with van der Waals surface area (Å²) in [7, 11) is 0. The zero-order valence-electron chi connectivity index (χ0n) is 18.1. The van der Waals surface area contributed by atoms with Gasteiger partial charge in [-0.3, -0.25) is 9.59 Å². The highest BCUT2D eigenvalue weighted by Crippen LogP contribution is 2.41. The molecule has 0 aliphatic carbocycles. The largest absolute Gasteiger partial charge is 0.461 e. The molecule has 1 aliphatic rings. The van der Waals surface area contributed by atoms with E-state index in [0.717, 1.165) is 23.3 Å². The Balaban J connectivity index is 1.60. The molecule has 2 heterocycles. The first-order chi connectivity index (χ1) is 16.0. The van der Waals surface area contributed by atoms with Crippen LogP contribution in [0.5, 0.6) is 5.88 Å². The van der Waals surface area contributed by atoms with Gasteiger partial charge in [-0.05, 0) is 54.4 Å². The van der Waals surface area contributed by atoms with Gasteiger partial charge in [0.1, 0.15) is 0 Å². The first kappa shape index (κ1) is 23.6. The van der Waals surface area contributed by atoms with Gasteiger partial charge in [0.05, 0.1) is 10.6 Å². The van der Waals surface area contributed by atoms with Crippen LogP contribution in [-0.2, 0) is 22.2 Å². The van der Waals surface area contributed by atoms with E-state index < -0.39 is 28.3 Å². The number of amides is 2. The molecule has 0 fully saturated rings. The average Bonchev–Trinajstić information content (AvgIpc) is 3.11. The number of carbonyl (C=O) groups excluding carboxylic acids is 2. The number of nitrogens with one attached hydrogen (secondary N) is 2. The highest BCUT2D eigenvalue weighted by molar-refractivity contribution is 6.31. The summed E-state index contributed by atoms with van der Waals surface area (Å²) in [6, 6.07) is 12.1. The highest BCUT2D eigenvalue weighted by Gasteiger charge is 2.44. The Labute approximate surface area is 198 Å². The van der Waals surface area contributed by atoms with Crippen LogP contribution >= 0.6 is 11.6 Å². The number of fused-ring (bicyclic) bond motifs is 1. The molecule has 10 heteroatoms. The Bertz CT molecular complexity index is 1300. The van der Waals surface area contributed by atoms with Gasteiger partial charge in [-0.2, -0.15) is 13.2 Å². The number of hydrogen-bond donors (Lipinski definition) is 2. The van der Waals surface area contributed by atoms with Crippen molar-refractivity contribution >= 4 is 34.8 Å². The summed E-state index contributed by atoms with van der Waals surface area (Å²) in [6.45, 7) is 2.95. The monoisotopic (exact) mass is 489 g/mol. The molecule has 4 rings (SSSR count). The zero-order valence-corrected chi connectivity index (χ0v) is 18.8. The maximum absolute atomic E-state index is 13.2. The Morgan fingerprint density at radius 1 is 1.09 bits per heavy atom. The molecule has 0 bridgehead atoms. The molecule has 0 saturated heterocycles. The normalized spacial score (nSPS) is 17.0. The van der Waals surface area contributed by atoms with Gasteiger partial charge in [0, 0.05) is 36.5 Å². The van der Waals surface area contributed by atoms with Crippen molar-refractivity contribution in [3.05, 3.63) is 70.9 Å². The van der Waals surface area contributed by atoms with Crippen LogP contribution in [0.15, 0.2) is 54.7 Å². The lowest BCUT2D eigenvalue weighted by molar-refractivity contribution is -0.137. The Morgan fingerprint density at radius 3 is 2.53 bits per heavy atom. The third-order valence-corrected chi connectivity index (χ3v) is 5.69. The number of pyridine rings is 1. The third-order valence-electron chi connectivity index (χ3n) is 5.36. The van der Waals surface area contributed by atoms with Crippen LogP contribution in [0.1, 0.15) is 25.0 Å². The molecule has 1 aromatic heterocycles. The summed E-state index contributed by atoms with van der Waals surface area (Å²) in [5, 5.41) is 4.75. The number of halogens is 4. The SMILES string of the molecule is CC(=O)Nc1cccc(-c2ccnc3c2CC(C)(C(=O)Nc2ccc(Cl)c(C(F)(F)F)c2)O3)c1. The van der Waals surface area contributed by atoms with Gasteiger partial charge < -0.3 is 15.4 Å². The molecular weight excluding hydrogens is 471 g/mol. The van der Waals surface area contributed by atoms with Crippen molar-refractivity contribution in [1.29, 1.82) is 0 Å². The second kappa shape index (κ2) is 8.64. The Hall–Kier alpha value is -3.59. The predicted octanol–water partition coefficient (Wildman–Crippen LogP) is 5.71. The van der Waals surface area contributed by atoms with E-state index in [0.29, 0.717) is 11.3 Å². The smallest absolute Gasteiger partial charge is 0.417 e. The molecule has 1 atom stereocenters. The molecule has 0 radical (unpaired) electrons. The van der Waals surface area contributed by atoms with E-state index in [1.165, 1.54) is 19.2 Å². The number of ether oxygens (including phenoxy) is 1. The minimum Gasteiger partial charge on any atom is -0.461 e. The van der Waals surface area contributed by atoms with Crippen LogP contribution in [0, 0.1) is 0 Å². The highest BCUT2D eigenvalue weighted by atomic mass is 35.5. The van der Waals surface area contributed by atoms with Gasteiger partial charge in [-0.25, -0.2) is 4.98 Å². The van der Waals surface area contributed by atoms with E-state index in [-0.39, 0.29) is 23.9 Å². The van der Waals surface area contributed by atoms with E-state index in [9.17, 15) is 22.8 Å². The molecule has 2 N–H and O–H groups in total. The molecule has 34 heavy (non-hydrogen) atoms. The predicted molar refractivity (Wildman–Crippen MR) is 122 cm³/mol. The first-order valence-electron chi connectivity index (χ1n) is 10.2. The van der Waals surface area contributed by atoms with Crippen molar-refractivity contribution in [2.45, 2.75) is 32.0 Å². The van der Waals surface area contributed by atoms with Crippen LogP contribution in [0.2, 0.25) is 5.02 Å². The summed E-state index contributed by atoms with van der Waals surface area (Å²) in [5.41, 5.74) is 0.323. The summed E-state index contributed by atoms with van der Waals surface area (Å²) < 4.78 is 45.4. The molecule has 176 valence electrons. The molecule has 6 nitrogen and oxygen atoms in total. The van der Waals surface area contributed by atoms with E-state index >= 15 is 0 Å². The molecule has 2 aromatic carbocycles. The van der Waals surface area contributed by atoms with Crippen molar-refractivity contribution in [3.63, 3.8) is 0 Å². The van der Waals surface area contributed by atoms with Gasteiger partial charge in [0.25, 0.3) is 5.91 Å². The fourth-order valence-corrected chi connectivity index (χ4v) is 3.99. The molecule has 2 amide bonds. The van der Waals surface area contributed by atoms with Crippen molar-refractivity contribution in [2.75, 3.05) is 10.6 Å². The molecule has 1 unspecified atom stereocenters. The number of alkyl halides is 3. The third kappa shape index (κ3) is 4.70. The van der Waals surface area contributed by atoms with Gasteiger partial charge in [0.2, 0.25) is 11.8 Å². The van der Waals surface area contributed by atoms with Crippen LogP contribution in [0.4, 0.5) is 24.5 Å². The standard InChI is InChI=1S/C24H19ClF3N3O3/c1-13(32)30-15-5-3-4-14(10-15)17-8-9-29-21-18(17)12-23(2,34-21)22(33)31-16-6-7-20(25)19(11-16)24(26,27)28/h3-11H,12H2,1-2H3,(H,30,32)(H,31,33). The summed E-state index contributed by atoms with van der Waals surface area (Å²) in [6.07, 6.45) is -2.98. The maximum Gasteiger partial charge on any atom is 0.417 e. The van der Waals surface area contributed by atoms with Crippen molar-refractivity contribution in [1.82, 2.24) is 4.98 Å². The van der Waals surface area contributed by atoms with Crippen molar-refractivity contribution in [2.24, 2.45) is 0 Å². The lowest BCUT2D eigenvalue weighted by Crippen LogP contribution is -2.44. The van der Waals surface area contributed by atoms with Gasteiger partial charge in [-0.15, -0.1) is 0 Å². The number of rotatable bonds is 4. The van der Waals surface area contributed by atoms with E-state index in [1.807, 2.05) is 6.07 Å². The molecule has 0 spiro atoms. The average molecular weight is 490 g/mol. The minimum atomic E-state index is -4.66. The summed E-state index contributed by atoms with van der Waals surface area (Å²) in [5.74, 6) is -0.577. The molecular formula is C24H19ClF3N3O3. The zero-order chi connectivity index (χ0) is 24.7. The van der Waals surface area contributed by atoms with Gasteiger partial charge >= 0.3 is 6.18 Å². The Morgan fingerprint density at radius 2 is 1.82 bits per heavy atom. The Kier molecular flexibility index (Phi) is 5.99. The topological polar surface area (TPSA) is 80.3 Å². The fourth-order valence-electron chi connectivity index (χ4n) is 3.77. The summed E-state index contributed by atoms with van der Waals surface area (Å²) >= 11 is 5.66. The second-order valence-corrected chi connectivity index (χ2v) is 8.47. The van der Waals surface area contributed by atoms with Crippen LogP contribution in [-0.4, -0.2) is 22.4 Å². The number of anilines is 2.